The second-order valence-electron chi connectivity index (χ2n) is 8.35. The van der Waals surface area contributed by atoms with Gasteiger partial charge in [0.25, 0.3) is 5.91 Å². The average Bonchev–Trinajstić information content (AvgIpc) is 3.56. The van der Waals surface area contributed by atoms with E-state index in [1.807, 2.05) is 48.7 Å². The summed E-state index contributed by atoms with van der Waals surface area (Å²) in [5.74, 6) is 0.691. The summed E-state index contributed by atoms with van der Waals surface area (Å²) in [6.07, 6.45) is 0.489. The van der Waals surface area contributed by atoms with E-state index in [-0.39, 0.29) is 23.5 Å². The predicted molar refractivity (Wildman–Crippen MR) is 132 cm³/mol. The molecule has 1 amide bonds. The highest BCUT2D eigenvalue weighted by Gasteiger charge is 2.32. The number of nitrogens with zero attached hydrogens (tertiary/aromatic N) is 3. The number of benzene rings is 1. The summed E-state index contributed by atoms with van der Waals surface area (Å²) < 4.78 is 31.1. The Bertz CT molecular complexity index is 1460. The molecule has 3 aromatic heterocycles. The molecule has 0 saturated carbocycles. The van der Waals surface area contributed by atoms with Crippen molar-refractivity contribution in [2.75, 3.05) is 18.6 Å². The number of hydrogen-bond donors (Lipinski definition) is 1. The summed E-state index contributed by atoms with van der Waals surface area (Å²) in [4.78, 5) is 19.1. The number of ether oxygens (including phenoxy) is 1. The molecule has 1 aromatic carbocycles. The molecule has 4 aromatic rings. The molecule has 1 saturated heterocycles. The molecular formula is C24H24N4O4S2. The molecule has 0 unspecified atom stereocenters. The Morgan fingerprint density at radius 2 is 2.06 bits per heavy atom. The third kappa shape index (κ3) is 4.30. The predicted octanol–water partition coefficient (Wildman–Crippen LogP) is 3.77. The largest absolute Gasteiger partial charge is 0.497 e. The van der Waals surface area contributed by atoms with Crippen LogP contribution in [0.2, 0.25) is 0 Å². The van der Waals surface area contributed by atoms with Gasteiger partial charge in [0.15, 0.2) is 15.5 Å². The van der Waals surface area contributed by atoms with Crippen LogP contribution in [0.15, 0.2) is 47.8 Å². The lowest BCUT2D eigenvalue weighted by Crippen LogP contribution is -2.23. The van der Waals surface area contributed by atoms with Gasteiger partial charge in [-0.2, -0.15) is 5.10 Å². The quantitative estimate of drug-likeness (QED) is 0.436. The zero-order chi connectivity index (χ0) is 23.9. The van der Waals surface area contributed by atoms with Gasteiger partial charge in [0.05, 0.1) is 51.9 Å². The first-order chi connectivity index (χ1) is 16.3. The lowest BCUT2D eigenvalue weighted by atomic mass is 10.1. The van der Waals surface area contributed by atoms with Gasteiger partial charge in [0.2, 0.25) is 0 Å². The van der Waals surface area contributed by atoms with Gasteiger partial charge in [-0.3, -0.25) is 4.79 Å². The minimum atomic E-state index is -3.10. The fourth-order valence-electron chi connectivity index (χ4n) is 4.29. The summed E-state index contributed by atoms with van der Waals surface area (Å²) >= 11 is 1.53. The third-order valence-electron chi connectivity index (χ3n) is 6.02. The van der Waals surface area contributed by atoms with Crippen LogP contribution in [0.25, 0.3) is 21.6 Å². The first-order valence-electron chi connectivity index (χ1n) is 10.9. The molecule has 5 rings (SSSR count). The molecule has 1 aliphatic heterocycles. The van der Waals surface area contributed by atoms with Crippen LogP contribution in [0.1, 0.15) is 34.1 Å². The summed E-state index contributed by atoms with van der Waals surface area (Å²) in [5, 5.41) is 10.2. The number of hydrogen-bond acceptors (Lipinski definition) is 7. The molecule has 10 heteroatoms. The van der Waals surface area contributed by atoms with Gasteiger partial charge in [-0.1, -0.05) is 18.2 Å². The van der Waals surface area contributed by atoms with Crippen LogP contribution in [-0.2, 0) is 16.4 Å². The van der Waals surface area contributed by atoms with Crippen LogP contribution in [0, 0.1) is 6.92 Å². The minimum absolute atomic E-state index is 0.0349. The maximum atomic E-state index is 13.4. The monoisotopic (exact) mass is 496 g/mol. The number of carbonyl (C=O) groups excluding carboxylic acids is 1. The van der Waals surface area contributed by atoms with E-state index in [2.05, 4.69) is 10.4 Å². The molecular weight excluding hydrogens is 472 g/mol. The second-order valence-corrected chi connectivity index (χ2v) is 11.5. The van der Waals surface area contributed by atoms with E-state index in [0.717, 1.165) is 16.2 Å². The molecule has 1 aliphatic rings. The van der Waals surface area contributed by atoms with Gasteiger partial charge in [0.1, 0.15) is 5.75 Å². The van der Waals surface area contributed by atoms with Gasteiger partial charge in [-0.05, 0) is 48.6 Å². The summed E-state index contributed by atoms with van der Waals surface area (Å²) in [6.45, 7) is 2.18. The van der Waals surface area contributed by atoms with Crippen molar-refractivity contribution in [1.82, 2.24) is 20.1 Å². The van der Waals surface area contributed by atoms with Gasteiger partial charge in [-0.15, -0.1) is 11.3 Å². The lowest BCUT2D eigenvalue weighted by Gasteiger charge is -2.12. The van der Waals surface area contributed by atoms with Gasteiger partial charge >= 0.3 is 0 Å². The van der Waals surface area contributed by atoms with Crippen molar-refractivity contribution in [3.8, 4) is 16.3 Å². The Morgan fingerprint density at radius 3 is 2.71 bits per heavy atom. The maximum absolute atomic E-state index is 13.4. The smallest absolute Gasteiger partial charge is 0.252 e. The summed E-state index contributed by atoms with van der Waals surface area (Å²) in [5.41, 5.74) is 3.28. The Kier molecular flexibility index (Phi) is 5.86. The Hall–Kier alpha value is -3.24. The molecule has 1 atom stereocenters. The number of amides is 1. The molecule has 176 valence electrons. The second kappa shape index (κ2) is 8.84. The zero-order valence-corrected chi connectivity index (χ0v) is 20.4. The molecule has 0 aliphatic carbocycles. The minimum Gasteiger partial charge on any atom is -0.497 e. The number of aromatic nitrogens is 3. The molecule has 0 bridgehead atoms. The van der Waals surface area contributed by atoms with Crippen LogP contribution >= 0.6 is 11.3 Å². The molecule has 1 fully saturated rings. The number of nitrogens with one attached hydrogen (secondary N) is 1. The van der Waals surface area contributed by atoms with Crippen molar-refractivity contribution in [3.05, 3.63) is 64.7 Å². The van der Waals surface area contributed by atoms with Crippen LogP contribution in [-0.4, -0.2) is 47.7 Å². The van der Waals surface area contributed by atoms with Crippen molar-refractivity contribution < 1.29 is 17.9 Å². The van der Waals surface area contributed by atoms with Crippen LogP contribution in [0.3, 0.4) is 0 Å². The first kappa shape index (κ1) is 22.5. The Morgan fingerprint density at radius 1 is 1.26 bits per heavy atom. The SMILES string of the molecule is COc1ccc(CNC(=O)c2cc(-c3cccs3)nc3c2c(C)nn3[C@H]2CCS(=O)(=O)C2)cc1. The molecule has 0 spiro atoms. The van der Waals surface area contributed by atoms with Crippen molar-refractivity contribution in [1.29, 1.82) is 0 Å². The van der Waals surface area contributed by atoms with E-state index in [4.69, 9.17) is 9.72 Å². The number of rotatable bonds is 6. The topological polar surface area (TPSA) is 103 Å². The molecule has 34 heavy (non-hydrogen) atoms. The van der Waals surface area contributed by atoms with E-state index in [1.165, 1.54) is 11.3 Å². The van der Waals surface area contributed by atoms with E-state index in [9.17, 15) is 13.2 Å². The highest BCUT2D eigenvalue weighted by molar-refractivity contribution is 7.91. The summed E-state index contributed by atoms with van der Waals surface area (Å²) in [6, 6.07) is 12.9. The number of thiophene rings is 1. The first-order valence-corrected chi connectivity index (χ1v) is 13.6. The van der Waals surface area contributed by atoms with Crippen LogP contribution in [0.5, 0.6) is 5.75 Å². The number of sulfone groups is 1. The highest BCUT2D eigenvalue weighted by atomic mass is 32.2. The Labute approximate surface area is 201 Å². The van der Waals surface area contributed by atoms with Gasteiger partial charge in [0, 0.05) is 6.54 Å². The van der Waals surface area contributed by atoms with E-state index < -0.39 is 9.84 Å². The van der Waals surface area contributed by atoms with Crippen LogP contribution < -0.4 is 10.1 Å². The number of carbonyl (C=O) groups is 1. The number of fused-ring (bicyclic) bond motifs is 1. The number of aryl methyl sites for hydroxylation is 1. The van der Waals surface area contributed by atoms with E-state index in [0.29, 0.717) is 41.0 Å². The van der Waals surface area contributed by atoms with Crippen molar-refractivity contribution in [2.45, 2.75) is 25.9 Å². The van der Waals surface area contributed by atoms with Crippen molar-refractivity contribution in [2.24, 2.45) is 0 Å². The number of pyridine rings is 1. The Balaban J connectivity index is 1.55. The van der Waals surface area contributed by atoms with Crippen molar-refractivity contribution in [3.63, 3.8) is 0 Å². The molecule has 1 N–H and O–H groups in total. The highest BCUT2D eigenvalue weighted by Crippen LogP contribution is 2.33. The maximum Gasteiger partial charge on any atom is 0.252 e. The fraction of sp³-hybridized carbons (Fsp3) is 0.292. The third-order valence-corrected chi connectivity index (χ3v) is 8.66. The summed E-state index contributed by atoms with van der Waals surface area (Å²) in [7, 11) is -1.49. The fourth-order valence-corrected chi connectivity index (χ4v) is 6.66. The number of methoxy groups -OCH3 is 1. The lowest BCUT2D eigenvalue weighted by molar-refractivity contribution is 0.0952. The van der Waals surface area contributed by atoms with Gasteiger partial charge < -0.3 is 10.1 Å². The molecule has 4 heterocycles. The standard InChI is InChI=1S/C24H24N4O4S2/c1-15-22-19(24(29)25-13-16-5-7-18(32-2)8-6-16)12-20(21-4-3-10-33-21)26-23(22)28(27-15)17-9-11-34(30,31)14-17/h3-8,10,12,17H,9,11,13-14H2,1-2H3,(H,25,29)/t17-/m0/s1. The van der Waals surface area contributed by atoms with Crippen molar-refractivity contribution >= 4 is 38.1 Å². The van der Waals surface area contributed by atoms with E-state index in [1.54, 1.807) is 17.9 Å². The normalized spacial score (nSPS) is 17.2. The average molecular weight is 497 g/mol. The zero-order valence-electron chi connectivity index (χ0n) is 18.8. The molecule has 0 radical (unpaired) electrons. The van der Waals surface area contributed by atoms with Crippen LogP contribution in [0.4, 0.5) is 0 Å². The van der Waals surface area contributed by atoms with E-state index >= 15 is 0 Å². The molecule has 8 nitrogen and oxygen atoms in total. The van der Waals surface area contributed by atoms with Gasteiger partial charge in [-0.25, -0.2) is 18.1 Å².